The highest BCUT2D eigenvalue weighted by atomic mass is 35.5. The van der Waals surface area contributed by atoms with Crippen LogP contribution in [0.3, 0.4) is 0 Å². The van der Waals surface area contributed by atoms with E-state index in [1.165, 1.54) is 10.8 Å². The molecule has 1 heterocycles. The Labute approximate surface area is 151 Å². The van der Waals surface area contributed by atoms with Crippen LogP contribution in [0.5, 0.6) is 5.75 Å². The zero-order valence-corrected chi connectivity index (χ0v) is 14.4. The second kappa shape index (κ2) is 8.40. The second-order valence-electron chi connectivity index (χ2n) is 5.49. The number of benzene rings is 2. The fraction of sp³-hybridized carbons (Fsp3) is 0.150. The van der Waals surface area contributed by atoms with Gasteiger partial charge in [0.2, 0.25) is 5.43 Å². The van der Waals surface area contributed by atoms with Gasteiger partial charge in [-0.3, -0.25) is 4.79 Å². The van der Waals surface area contributed by atoms with Crippen LogP contribution in [0.4, 0.5) is 0 Å². The molecule has 4 nitrogen and oxygen atoms in total. The van der Waals surface area contributed by atoms with E-state index >= 15 is 0 Å². The van der Waals surface area contributed by atoms with Crippen LogP contribution in [-0.2, 0) is 19.1 Å². The topological polar surface area (TPSA) is 40.5 Å². The summed E-state index contributed by atoms with van der Waals surface area (Å²) in [5.74, 6) is 0.397. The molecule has 1 aromatic heterocycles. The third-order valence-electron chi connectivity index (χ3n) is 3.65. The van der Waals surface area contributed by atoms with Crippen molar-refractivity contribution in [2.45, 2.75) is 19.1 Å². The fourth-order valence-corrected chi connectivity index (χ4v) is 2.51. The van der Waals surface area contributed by atoms with Gasteiger partial charge >= 0.3 is 0 Å². The first kappa shape index (κ1) is 17.1. The zero-order chi connectivity index (χ0) is 17.5. The minimum absolute atomic E-state index is 0.170. The number of rotatable bonds is 7. The van der Waals surface area contributed by atoms with E-state index in [1.54, 1.807) is 6.20 Å². The van der Waals surface area contributed by atoms with E-state index in [1.807, 2.05) is 60.7 Å². The molecular weight excluding hydrogens is 338 g/mol. The van der Waals surface area contributed by atoms with Crippen LogP contribution in [0.15, 0.2) is 77.7 Å². The van der Waals surface area contributed by atoms with Gasteiger partial charge in [-0.15, -0.1) is 11.6 Å². The van der Waals surface area contributed by atoms with E-state index in [-0.39, 0.29) is 17.1 Å². The average Bonchev–Trinajstić information content (AvgIpc) is 2.67. The maximum Gasteiger partial charge on any atom is 0.223 e. The van der Waals surface area contributed by atoms with Crippen molar-refractivity contribution in [1.82, 2.24) is 4.73 Å². The molecule has 0 aliphatic rings. The molecule has 0 radical (unpaired) electrons. The molecule has 25 heavy (non-hydrogen) atoms. The minimum atomic E-state index is -0.217. The molecule has 0 aliphatic heterocycles. The van der Waals surface area contributed by atoms with E-state index in [4.69, 9.17) is 21.2 Å². The summed E-state index contributed by atoms with van der Waals surface area (Å²) < 4.78 is 7.16. The summed E-state index contributed by atoms with van der Waals surface area (Å²) in [6.45, 7) is 0.681. The number of pyridine rings is 1. The summed E-state index contributed by atoms with van der Waals surface area (Å²) in [5, 5.41) is 0. The zero-order valence-electron chi connectivity index (χ0n) is 13.6. The number of nitrogens with zero attached hydrogens (tertiary/aromatic N) is 1. The summed E-state index contributed by atoms with van der Waals surface area (Å²) in [6.07, 6.45) is 1.55. The highest BCUT2D eigenvalue weighted by Gasteiger charge is 2.09. The first-order valence-corrected chi connectivity index (χ1v) is 8.45. The van der Waals surface area contributed by atoms with Gasteiger partial charge in [0.25, 0.3) is 0 Å². The molecule has 0 atom stereocenters. The van der Waals surface area contributed by atoms with Crippen molar-refractivity contribution < 1.29 is 9.57 Å². The Bertz CT molecular complexity index is 863. The monoisotopic (exact) mass is 355 g/mol. The summed E-state index contributed by atoms with van der Waals surface area (Å²) in [6, 6.07) is 20.9. The maximum atomic E-state index is 12.2. The van der Waals surface area contributed by atoms with Gasteiger partial charge in [-0.25, -0.2) is 0 Å². The number of ether oxygens (including phenoxy) is 1. The predicted molar refractivity (Wildman–Crippen MR) is 97.8 cm³/mol. The molecular formula is C20H18ClNO3. The lowest BCUT2D eigenvalue weighted by Crippen LogP contribution is -2.20. The Morgan fingerprint density at radius 3 is 2.08 bits per heavy atom. The SMILES string of the molecule is O=c1cc(CCl)n(OCc2ccccc2)cc1OCc1ccccc1. The number of alkyl halides is 1. The van der Waals surface area contributed by atoms with Crippen LogP contribution in [0.25, 0.3) is 0 Å². The molecule has 2 aromatic carbocycles. The third kappa shape index (κ3) is 4.64. The van der Waals surface area contributed by atoms with Gasteiger partial charge in [-0.1, -0.05) is 60.7 Å². The molecule has 0 saturated carbocycles. The second-order valence-corrected chi connectivity index (χ2v) is 5.75. The minimum Gasteiger partial charge on any atom is -0.483 e. The van der Waals surface area contributed by atoms with Gasteiger partial charge in [-0.2, -0.15) is 4.73 Å². The molecule has 0 spiro atoms. The summed E-state index contributed by atoms with van der Waals surface area (Å²) in [5.41, 5.74) is 2.37. The Hall–Kier alpha value is -2.72. The van der Waals surface area contributed by atoms with E-state index in [0.29, 0.717) is 18.9 Å². The standard InChI is InChI=1S/C20H18ClNO3/c21-12-18-11-19(23)20(24-14-16-7-3-1-4-8-16)13-22(18)25-15-17-9-5-2-6-10-17/h1-11,13H,12,14-15H2. The number of hydrogen-bond acceptors (Lipinski definition) is 3. The smallest absolute Gasteiger partial charge is 0.223 e. The highest BCUT2D eigenvalue weighted by Crippen LogP contribution is 2.11. The van der Waals surface area contributed by atoms with Crippen molar-refractivity contribution in [2.24, 2.45) is 0 Å². The lowest BCUT2D eigenvalue weighted by molar-refractivity contribution is 0.0881. The normalized spacial score (nSPS) is 10.4. The van der Waals surface area contributed by atoms with Gasteiger partial charge in [0.05, 0.1) is 17.8 Å². The van der Waals surface area contributed by atoms with Gasteiger partial charge < -0.3 is 9.57 Å². The molecule has 0 fully saturated rings. The van der Waals surface area contributed by atoms with Crippen LogP contribution in [0.2, 0.25) is 0 Å². The Kier molecular flexibility index (Phi) is 5.75. The van der Waals surface area contributed by atoms with Crippen molar-refractivity contribution in [2.75, 3.05) is 0 Å². The molecule has 0 aliphatic carbocycles. The van der Waals surface area contributed by atoms with E-state index in [9.17, 15) is 4.79 Å². The van der Waals surface area contributed by atoms with Crippen molar-refractivity contribution >= 4 is 11.6 Å². The van der Waals surface area contributed by atoms with Gasteiger partial charge in [-0.05, 0) is 11.1 Å². The van der Waals surface area contributed by atoms with Crippen LogP contribution >= 0.6 is 11.6 Å². The van der Waals surface area contributed by atoms with Crippen molar-refractivity contribution in [3.8, 4) is 5.75 Å². The predicted octanol–water partition coefficient (Wildman–Crippen LogP) is 3.79. The molecule has 0 N–H and O–H groups in total. The van der Waals surface area contributed by atoms with Crippen LogP contribution < -0.4 is 15.0 Å². The Morgan fingerprint density at radius 2 is 1.48 bits per heavy atom. The van der Waals surface area contributed by atoms with Gasteiger partial charge in [0, 0.05) is 6.07 Å². The molecule has 3 aromatic rings. The maximum absolute atomic E-state index is 12.2. The first-order valence-electron chi connectivity index (χ1n) is 7.92. The molecule has 5 heteroatoms. The Balaban J connectivity index is 1.76. The molecule has 3 rings (SSSR count). The molecule has 0 unspecified atom stereocenters. The van der Waals surface area contributed by atoms with E-state index in [0.717, 1.165) is 11.1 Å². The van der Waals surface area contributed by atoms with Crippen LogP contribution in [0, 0.1) is 0 Å². The molecule has 128 valence electrons. The molecule has 0 bridgehead atoms. The van der Waals surface area contributed by atoms with Crippen molar-refractivity contribution in [1.29, 1.82) is 0 Å². The third-order valence-corrected chi connectivity index (χ3v) is 3.92. The summed E-state index contributed by atoms with van der Waals surface area (Å²) in [7, 11) is 0. The van der Waals surface area contributed by atoms with E-state index in [2.05, 4.69) is 0 Å². The average molecular weight is 356 g/mol. The van der Waals surface area contributed by atoms with Crippen LogP contribution in [0.1, 0.15) is 16.8 Å². The van der Waals surface area contributed by atoms with Crippen molar-refractivity contribution in [3.05, 3.63) is 100.0 Å². The molecule has 0 amide bonds. The largest absolute Gasteiger partial charge is 0.483 e. The fourth-order valence-electron chi connectivity index (χ4n) is 2.32. The highest BCUT2D eigenvalue weighted by molar-refractivity contribution is 6.16. The first-order chi connectivity index (χ1) is 12.3. The quantitative estimate of drug-likeness (QED) is 0.605. The Morgan fingerprint density at radius 1 is 0.880 bits per heavy atom. The van der Waals surface area contributed by atoms with Crippen LogP contribution in [-0.4, -0.2) is 4.73 Å². The lowest BCUT2D eigenvalue weighted by atomic mass is 10.2. The summed E-state index contributed by atoms with van der Waals surface area (Å²) >= 11 is 5.93. The number of aromatic nitrogens is 1. The van der Waals surface area contributed by atoms with Gasteiger partial charge in [0.15, 0.2) is 5.75 Å². The number of halogens is 1. The number of hydrogen-bond donors (Lipinski definition) is 0. The van der Waals surface area contributed by atoms with E-state index < -0.39 is 0 Å². The molecule has 0 saturated heterocycles. The summed E-state index contributed by atoms with van der Waals surface area (Å²) in [4.78, 5) is 18.0. The van der Waals surface area contributed by atoms with Crippen molar-refractivity contribution in [3.63, 3.8) is 0 Å². The lowest BCUT2D eigenvalue weighted by Gasteiger charge is -2.15. The van der Waals surface area contributed by atoms with Gasteiger partial charge in [0.1, 0.15) is 13.2 Å².